The number of hydrogen-bond donors (Lipinski definition) is 2. The summed E-state index contributed by atoms with van der Waals surface area (Å²) in [5, 5.41) is 11.9. The number of amides is 1. The Bertz CT molecular complexity index is 541. The predicted molar refractivity (Wildman–Crippen MR) is 93.8 cm³/mol. The van der Waals surface area contributed by atoms with Crippen LogP contribution >= 0.6 is 11.8 Å². The summed E-state index contributed by atoms with van der Waals surface area (Å²) in [6.45, 7) is 1.98. The van der Waals surface area contributed by atoms with Crippen molar-refractivity contribution in [3.8, 4) is 0 Å². The first kappa shape index (κ1) is 17.9. The number of para-hydroxylation sites is 1. The highest BCUT2D eigenvalue weighted by atomic mass is 32.2. The van der Waals surface area contributed by atoms with Crippen molar-refractivity contribution >= 4 is 29.3 Å². The zero-order chi connectivity index (χ0) is 16.7. The van der Waals surface area contributed by atoms with Crippen LogP contribution < -0.4 is 5.32 Å². The maximum absolute atomic E-state index is 12.4. The van der Waals surface area contributed by atoms with E-state index in [9.17, 15) is 14.7 Å². The van der Waals surface area contributed by atoms with Gasteiger partial charge in [-0.1, -0.05) is 44.7 Å². The van der Waals surface area contributed by atoms with Gasteiger partial charge in [0.25, 0.3) is 0 Å². The predicted octanol–water partition coefficient (Wildman–Crippen LogP) is 4.55. The summed E-state index contributed by atoms with van der Waals surface area (Å²) >= 11 is 1.32. The van der Waals surface area contributed by atoms with Gasteiger partial charge in [0.1, 0.15) is 5.25 Å². The molecule has 1 aliphatic carbocycles. The SMILES string of the molecule is CCCC(Sc1ccccc1NC(=O)C1CCCCC1)C(=O)O. The average Bonchev–Trinajstić information content (AvgIpc) is 2.56. The number of aliphatic carboxylic acids is 1. The molecule has 1 amide bonds. The molecule has 0 aliphatic heterocycles. The van der Waals surface area contributed by atoms with Crippen molar-refractivity contribution in [3.05, 3.63) is 24.3 Å². The second-order valence-corrected chi connectivity index (χ2v) is 7.30. The van der Waals surface area contributed by atoms with Gasteiger partial charge < -0.3 is 10.4 Å². The molecule has 2 N–H and O–H groups in total. The number of carbonyl (C=O) groups is 2. The Morgan fingerprint density at radius 3 is 2.61 bits per heavy atom. The molecule has 1 aliphatic rings. The van der Waals surface area contributed by atoms with Crippen LogP contribution in [-0.4, -0.2) is 22.2 Å². The topological polar surface area (TPSA) is 66.4 Å². The van der Waals surface area contributed by atoms with Gasteiger partial charge >= 0.3 is 5.97 Å². The van der Waals surface area contributed by atoms with E-state index in [0.29, 0.717) is 6.42 Å². The van der Waals surface area contributed by atoms with Gasteiger partial charge in [-0.25, -0.2) is 0 Å². The van der Waals surface area contributed by atoms with Gasteiger partial charge in [0, 0.05) is 10.8 Å². The van der Waals surface area contributed by atoms with Gasteiger partial charge in [0.15, 0.2) is 0 Å². The fourth-order valence-electron chi connectivity index (χ4n) is 2.92. The number of anilines is 1. The summed E-state index contributed by atoms with van der Waals surface area (Å²) in [7, 11) is 0. The van der Waals surface area contributed by atoms with Crippen molar-refractivity contribution in [2.45, 2.75) is 62.0 Å². The Morgan fingerprint density at radius 1 is 1.26 bits per heavy atom. The second-order valence-electron chi connectivity index (χ2n) is 6.05. The van der Waals surface area contributed by atoms with Crippen molar-refractivity contribution < 1.29 is 14.7 Å². The molecule has 0 radical (unpaired) electrons. The molecule has 0 spiro atoms. The van der Waals surface area contributed by atoms with E-state index in [1.54, 1.807) is 0 Å². The number of carboxylic acids is 1. The fraction of sp³-hybridized carbons (Fsp3) is 0.556. The minimum atomic E-state index is -0.801. The third kappa shape index (κ3) is 5.27. The van der Waals surface area contributed by atoms with E-state index >= 15 is 0 Å². The number of rotatable bonds is 7. The highest BCUT2D eigenvalue weighted by Gasteiger charge is 2.23. The molecule has 0 bridgehead atoms. The molecule has 126 valence electrons. The summed E-state index contributed by atoms with van der Waals surface area (Å²) in [4.78, 5) is 24.6. The Balaban J connectivity index is 2.07. The van der Waals surface area contributed by atoms with Crippen LogP contribution in [0.15, 0.2) is 29.2 Å². The lowest BCUT2D eigenvalue weighted by molar-refractivity contribution is -0.136. The smallest absolute Gasteiger partial charge is 0.316 e. The molecule has 1 fully saturated rings. The molecule has 1 aromatic rings. The maximum Gasteiger partial charge on any atom is 0.316 e. The molecule has 5 heteroatoms. The first-order chi connectivity index (χ1) is 11.1. The molecule has 0 saturated heterocycles. The van der Waals surface area contributed by atoms with Crippen LogP contribution in [0.3, 0.4) is 0 Å². The average molecular weight is 335 g/mol. The van der Waals surface area contributed by atoms with Crippen molar-refractivity contribution in [3.63, 3.8) is 0 Å². The van der Waals surface area contributed by atoms with E-state index in [4.69, 9.17) is 0 Å². The van der Waals surface area contributed by atoms with Crippen molar-refractivity contribution in [2.24, 2.45) is 5.92 Å². The second kappa shape index (κ2) is 8.96. The fourth-order valence-corrected chi connectivity index (χ4v) is 4.08. The zero-order valence-electron chi connectivity index (χ0n) is 13.6. The van der Waals surface area contributed by atoms with E-state index in [-0.39, 0.29) is 11.8 Å². The van der Waals surface area contributed by atoms with Crippen molar-refractivity contribution in [1.29, 1.82) is 0 Å². The number of carboxylic acid groups (broad SMARTS) is 1. The highest BCUT2D eigenvalue weighted by Crippen LogP contribution is 2.33. The van der Waals surface area contributed by atoms with Crippen LogP contribution in [0.4, 0.5) is 5.69 Å². The number of hydrogen-bond acceptors (Lipinski definition) is 3. The summed E-state index contributed by atoms with van der Waals surface area (Å²) in [6, 6.07) is 7.49. The van der Waals surface area contributed by atoms with Crippen LogP contribution in [0.5, 0.6) is 0 Å². The molecular formula is C18H25NO3S. The van der Waals surface area contributed by atoms with E-state index in [1.807, 2.05) is 31.2 Å². The number of nitrogens with one attached hydrogen (secondary N) is 1. The summed E-state index contributed by atoms with van der Waals surface area (Å²) in [5.74, 6) is -0.641. The first-order valence-electron chi connectivity index (χ1n) is 8.41. The van der Waals surface area contributed by atoms with Gasteiger partial charge in [0.2, 0.25) is 5.91 Å². The Labute approximate surface area is 142 Å². The molecule has 23 heavy (non-hydrogen) atoms. The molecule has 1 saturated carbocycles. The minimum absolute atomic E-state index is 0.0696. The lowest BCUT2D eigenvalue weighted by Gasteiger charge is -2.22. The third-order valence-electron chi connectivity index (χ3n) is 4.22. The molecule has 4 nitrogen and oxygen atoms in total. The Hall–Kier alpha value is -1.49. The van der Waals surface area contributed by atoms with Gasteiger partial charge in [0.05, 0.1) is 5.69 Å². The minimum Gasteiger partial charge on any atom is -0.480 e. The summed E-state index contributed by atoms with van der Waals surface area (Å²) in [5.41, 5.74) is 0.732. The molecular weight excluding hydrogens is 310 g/mol. The van der Waals surface area contributed by atoms with Crippen LogP contribution in [0.2, 0.25) is 0 Å². The molecule has 0 aromatic heterocycles. The number of carbonyl (C=O) groups excluding carboxylic acids is 1. The largest absolute Gasteiger partial charge is 0.480 e. The Kier molecular flexibility index (Phi) is 6.96. The molecule has 2 rings (SSSR count). The summed E-state index contributed by atoms with van der Waals surface area (Å²) < 4.78 is 0. The quantitative estimate of drug-likeness (QED) is 0.717. The number of benzene rings is 1. The maximum atomic E-state index is 12.4. The zero-order valence-corrected chi connectivity index (χ0v) is 14.4. The first-order valence-corrected chi connectivity index (χ1v) is 9.29. The normalized spacial score (nSPS) is 16.7. The van der Waals surface area contributed by atoms with Crippen LogP contribution in [0.1, 0.15) is 51.9 Å². The van der Waals surface area contributed by atoms with E-state index < -0.39 is 11.2 Å². The highest BCUT2D eigenvalue weighted by molar-refractivity contribution is 8.00. The van der Waals surface area contributed by atoms with Crippen LogP contribution in [0, 0.1) is 5.92 Å². The van der Waals surface area contributed by atoms with Crippen molar-refractivity contribution in [1.82, 2.24) is 0 Å². The lowest BCUT2D eigenvalue weighted by Crippen LogP contribution is -2.25. The lowest BCUT2D eigenvalue weighted by atomic mass is 9.88. The van der Waals surface area contributed by atoms with E-state index in [0.717, 1.165) is 42.7 Å². The van der Waals surface area contributed by atoms with Crippen LogP contribution in [-0.2, 0) is 9.59 Å². The molecule has 1 aromatic carbocycles. The Morgan fingerprint density at radius 2 is 1.96 bits per heavy atom. The van der Waals surface area contributed by atoms with Crippen LogP contribution in [0.25, 0.3) is 0 Å². The van der Waals surface area contributed by atoms with Gasteiger partial charge in [-0.3, -0.25) is 9.59 Å². The van der Waals surface area contributed by atoms with E-state index in [1.165, 1.54) is 18.2 Å². The molecule has 1 atom stereocenters. The monoisotopic (exact) mass is 335 g/mol. The van der Waals surface area contributed by atoms with Gasteiger partial charge in [-0.2, -0.15) is 0 Å². The van der Waals surface area contributed by atoms with Crippen molar-refractivity contribution in [2.75, 3.05) is 5.32 Å². The molecule has 1 unspecified atom stereocenters. The standard InChI is InChI=1S/C18H25NO3S/c1-2-8-16(18(21)22)23-15-12-7-6-11-14(15)19-17(20)13-9-4-3-5-10-13/h6-7,11-13,16H,2-5,8-10H2,1H3,(H,19,20)(H,21,22). The third-order valence-corrected chi connectivity index (χ3v) is 5.55. The van der Waals surface area contributed by atoms with Gasteiger partial charge in [-0.05, 0) is 31.4 Å². The van der Waals surface area contributed by atoms with E-state index in [2.05, 4.69) is 5.32 Å². The number of thioether (sulfide) groups is 1. The van der Waals surface area contributed by atoms with Gasteiger partial charge in [-0.15, -0.1) is 11.8 Å². The molecule has 0 heterocycles. The summed E-state index contributed by atoms with van der Waals surface area (Å²) in [6.07, 6.45) is 6.79.